The predicted molar refractivity (Wildman–Crippen MR) is 216 cm³/mol. The molecule has 0 fully saturated rings. The molecule has 1 N–H and O–H groups in total. The lowest BCUT2D eigenvalue weighted by atomic mass is 9.57. The van der Waals surface area contributed by atoms with Crippen molar-refractivity contribution in [3.05, 3.63) is 0 Å². The molecule has 52 heavy (non-hydrogen) atoms. The molecule has 0 spiro atoms. The maximum Gasteiger partial charge on any atom is 0.340 e. The summed E-state index contributed by atoms with van der Waals surface area (Å²) in [4.78, 5) is 43.5. The minimum Gasteiger partial charge on any atom is -0.465 e. The molecule has 0 aliphatic carbocycles. The maximum atomic E-state index is 14.6. The topological polar surface area (TPSA) is 99.1 Å². The van der Waals surface area contributed by atoms with Gasteiger partial charge in [-0.1, -0.05) is 160 Å². The summed E-state index contributed by atoms with van der Waals surface area (Å²) < 4.78 is 17.9. The minimum absolute atomic E-state index is 0.0634. The maximum absolute atomic E-state index is 14.6. The van der Waals surface area contributed by atoms with Gasteiger partial charge in [0.2, 0.25) is 0 Å². The first-order valence-electron chi connectivity index (χ1n) is 21.6. The lowest BCUT2D eigenvalue weighted by molar-refractivity contribution is -0.218. The highest BCUT2D eigenvalue weighted by Crippen LogP contribution is 2.51. The minimum atomic E-state index is -2.47. The zero-order valence-corrected chi connectivity index (χ0v) is 36.3. The van der Waals surface area contributed by atoms with E-state index in [1.165, 1.54) is 12.8 Å². The number of unbranched alkanes of at least 4 members (excludes halogenated alkanes) is 9. The highest BCUT2D eigenvalue weighted by atomic mass is 16.6. The van der Waals surface area contributed by atoms with Gasteiger partial charge in [0.15, 0.2) is 5.60 Å². The first-order valence-corrected chi connectivity index (χ1v) is 21.6. The second-order valence-corrected chi connectivity index (χ2v) is 18.5. The van der Waals surface area contributed by atoms with Crippen molar-refractivity contribution in [3.63, 3.8) is 0 Å². The van der Waals surface area contributed by atoms with Gasteiger partial charge >= 0.3 is 17.9 Å². The van der Waals surface area contributed by atoms with Crippen molar-refractivity contribution in [1.29, 1.82) is 0 Å². The number of hydrogen-bond donors (Lipinski definition) is 1. The van der Waals surface area contributed by atoms with Gasteiger partial charge in [0.25, 0.3) is 0 Å². The fourth-order valence-corrected chi connectivity index (χ4v) is 7.57. The largest absolute Gasteiger partial charge is 0.465 e. The van der Waals surface area contributed by atoms with Crippen LogP contribution < -0.4 is 0 Å². The normalized spacial score (nSPS) is 14.1. The summed E-state index contributed by atoms with van der Waals surface area (Å²) in [6.07, 6.45) is 15.4. The molecule has 0 saturated carbocycles. The molecule has 0 aliphatic rings. The first-order chi connectivity index (χ1) is 24.4. The quantitative estimate of drug-likeness (QED) is 0.0417. The van der Waals surface area contributed by atoms with Crippen LogP contribution in [0.3, 0.4) is 0 Å². The third-order valence-corrected chi connectivity index (χ3v) is 10.2. The van der Waals surface area contributed by atoms with Crippen LogP contribution in [-0.2, 0) is 28.6 Å². The van der Waals surface area contributed by atoms with Crippen LogP contribution in [0.4, 0.5) is 0 Å². The first kappa shape index (κ1) is 50.4. The summed E-state index contributed by atoms with van der Waals surface area (Å²) in [5, 5.41) is 13.2. The summed E-state index contributed by atoms with van der Waals surface area (Å²) in [5.74, 6) is -1.69. The molecule has 0 aromatic carbocycles. The molecule has 2 unspecified atom stereocenters. The summed E-state index contributed by atoms with van der Waals surface area (Å²) in [6, 6.07) is 0. The molecule has 0 amide bonds. The number of aliphatic hydroxyl groups is 1. The predicted octanol–water partition coefficient (Wildman–Crippen LogP) is 11.9. The molecule has 0 saturated heterocycles. The van der Waals surface area contributed by atoms with E-state index in [0.29, 0.717) is 37.0 Å². The molecule has 0 heterocycles. The van der Waals surface area contributed by atoms with Crippen molar-refractivity contribution >= 4 is 17.9 Å². The van der Waals surface area contributed by atoms with E-state index in [4.69, 9.17) is 14.2 Å². The average molecular weight is 739 g/mol. The Kier molecular flexibility index (Phi) is 27.0. The zero-order valence-electron chi connectivity index (χ0n) is 36.3. The second kappa shape index (κ2) is 27.9. The van der Waals surface area contributed by atoms with Crippen molar-refractivity contribution in [3.8, 4) is 0 Å². The number of carbonyl (C=O) groups is 3. The lowest BCUT2D eigenvalue weighted by Crippen LogP contribution is -2.66. The fraction of sp³-hybridized carbons (Fsp3) is 0.933. The number of ether oxygens (including phenoxy) is 3. The fourth-order valence-electron chi connectivity index (χ4n) is 7.57. The van der Waals surface area contributed by atoms with E-state index in [2.05, 4.69) is 41.5 Å². The van der Waals surface area contributed by atoms with Crippen LogP contribution in [-0.4, -0.2) is 48.4 Å². The molecule has 7 nitrogen and oxygen atoms in total. The Labute approximate surface area is 321 Å². The molecule has 308 valence electrons. The van der Waals surface area contributed by atoms with Crippen molar-refractivity contribution in [2.75, 3.05) is 19.8 Å². The van der Waals surface area contributed by atoms with Crippen LogP contribution in [0.15, 0.2) is 0 Å². The van der Waals surface area contributed by atoms with Gasteiger partial charge in [0.05, 0.1) is 25.7 Å². The summed E-state index contributed by atoms with van der Waals surface area (Å²) in [5.41, 5.74) is -4.16. The average Bonchev–Trinajstić information content (AvgIpc) is 3.03. The van der Waals surface area contributed by atoms with E-state index < -0.39 is 34.8 Å². The standard InChI is InChI=1S/C45H86O7/c1-34(2)25-19-13-16-22-28-50-41(46)40(31-37(7)8)45(49,43(48)52-30-24-18-15-21-27-36(5)6)44(32-38(9)10,33-39(11)12)42(47)51-29-23-17-14-20-26-35(3)4/h34-40,49H,13-33H2,1-12H3. The smallest absolute Gasteiger partial charge is 0.340 e. The van der Waals surface area contributed by atoms with Gasteiger partial charge in [-0.15, -0.1) is 0 Å². The highest BCUT2D eigenvalue weighted by molar-refractivity contribution is 5.95. The molecule has 0 aliphatic heterocycles. The Hall–Kier alpha value is -1.63. The summed E-state index contributed by atoms with van der Waals surface area (Å²) in [7, 11) is 0. The number of esters is 3. The van der Waals surface area contributed by atoms with E-state index in [1.807, 2.05) is 41.5 Å². The number of hydrogen-bond acceptors (Lipinski definition) is 7. The van der Waals surface area contributed by atoms with Gasteiger partial charge < -0.3 is 19.3 Å². The van der Waals surface area contributed by atoms with Crippen LogP contribution in [0.5, 0.6) is 0 Å². The third-order valence-electron chi connectivity index (χ3n) is 10.2. The molecule has 0 aromatic rings. The molecule has 0 aromatic heterocycles. The Morgan fingerprint density at radius 1 is 0.442 bits per heavy atom. The van der Waals surface area contributed by atoms with Crippen molar-refractivity contribution in [1.82, 2.24) is 0 Å². The van der Waals surface area contributed by atoms with Crippen molar-refractivity contribution in [2.24, 2.45) is 46.8 Å². The van der Waals surface area contributed by atoms with Crippen LogP contribution >= 0.6 is 0 Å². The van der Waals surface area contributed by atoms with Crippen LogP contribution in [0.1, 0.15) is 199 Å². The van der Waals surface area contributed by atoms with Gasteiger partial charge in [-0.3, -0.25) is 9.59 Å². The SMILES string of the molecule is CC(C)CCCCCCOC(=O)C(CC(C)C)C(O)(C(=O)OCCCCCCC(C)C)C(CC(C)C)(CC(C)C)C(=O)OCCCCCCC(C)C. The number of rotatable bonds is 32. The summed E-state index contributed by atoms with van der Waals surface area (Å²) >= 11 is 0. The highest BCUT2D eigenvalue weighted by Gasteiger charge is 2.67. The van der Waals surface area contributed by atoms with Gasteiger partial charge in [-0.25, -0.2) is 4.79 Å². The molecule has 2 atom stereocenters. The Bertz CT molecular complexity index is 928. The molecule has 0 rings (SSSR count). The van der Waals surface area contributed by atoms with Crippen LogP contribution in [0, 0.1) is 46.8 Å². The van der Waals surface area contributed by atoms with E-state index in [1.54, 1.807) is 0 Å². The van der Waals surface area contributed by atoms with Gasteiger partial charge in [-0.2, -0.15) is 0 Å². The van der Waals surface area contributed by atoms with E-state index >= 15 is 0 Å². The Morgan fingerprint density at radius 2 is 0.788 bits per heavy atom. The van der Waals surface area contributed by atoms with E-state index in [9.17, 15) is 19.5 Å². The molecular formula is C45H86O7. The van der Waals surface area contributed by atoms with E-state index in [0.717, 1.165) is 64.2 Å². The molecular weight excluding hydrogens is 652 g/mol. The van der Waals surface area contributed by atoms with Crippen LogP contribution in [0.25, 0.3) is 0 Å². The van der Waals surface area contributed by atoms with Crippen molar-refractivity contribution in [2.45, 2.75) is 204 Å². The van der Waals surface area contributed by atoms with E-state index in [-0.39, 0.29) is 56.8 Å². The lowest BCUT2D eigenvalue weighted by Gasteiger charge is -2.48. The second-order valence-electron chi connectivity index (χ2n) is 18.5. The van der Waals surface area contributed by atoms with Crippen LogP contribution in [0.2, 0.25) is 0 Å². The van der Waals surface area contributed by atoms with Gasteiger partial charge in [0, 0.05) is 0 Å². The zero-order chi connectivity index (χ0) is 39.7. The molecule has 0 bridgehead atoms. The van der Waals surface area contributed by atoms with Gasteiger partial charge in [0.1, 0.15) is 5.41 Å². The number of carbonyl (C=O) groups excluding carboxylic acids is 3. The Balaban J connectivity index is 6.63. The van der Waals surface area contributed by atoms with Gasteiger partial charge in [-0.05, 0) is 74.0 Å². The van der Waals surface area contributed by atoms with Crippen molar-refractivity contribution < 1.29 is 33.7 Å². The molecule has 7 heteroatoms. The molecule has 0 radical (unpaired) electrons. The summed E-state index contributed by atoms with van der Waals surface area (Å²) in [6.45, 7) is 25.7. The third kappa shape index (κ3) is 20.2. The Morgan fingerprint density at radius 3 is 1.13 bits per heavy atom. The monoisotopic (exact) mass is 739 g/mol.